The number of urea groups is 1. The molecule has 2 saturated carbocycles. The van der Waals surface area contributed by atoms with Crippen LogP contribution >= 0.6 is 0 Å². The lowest BCUT2D eigenvalue weighted by Gasteiger charge is -2.34. The van der Waals surface area contributed by atoms with Gasteiger partial charge in [0.15, 0.2) is 0 Å². The molecule has 0 unspecified atom stereocenters. The minimum atomic E-state index is -0.188. The summed E-state index contributed by atoms with van der Waals surface area (Å²) in [6.07, 6.45) is 3.50. The number of nitrogens with one attached hydrogen (secondary N) is 2. The van der Waals surface area contributed by atoms with Crippen molar-refractivity contribution < 1.29 is 4.79 Å². The Morgan fingerprint density at radius 1 is 1.08 bits per heavy atom. The summed E-state index contributed by atoms with van der Waals surface area (Å²) >= 11 is 0. The summed E-state index contributed by atoms with van der Waals surface area (Å²) in [5.41, 5.74) is 2.18. The molecule has 2 aromatic carbocycles. The van der Waals surface area contributed by atoms with E-state index in [9.17, 15) is 4.79 Å². The van der Waals surface area contributed by atoms with Gasteiger partial charge in [-0.25, -0.2) is 4.79 Å². The molecule has 4 rings (SSSR count). The fourth-order valence-corrected chi connectivity index (χ4v) is 4.35. The number of benzene rings is 2. The van der Waals surface area contributed by atoms with Crippen molar-refractivity contribution >= 4 is 6.03 Å². The first kappa shape index (κ1) is 15.3. The molecule has 0 saturated heterocycles. The highest BCUT2D eigenvalue weighted by atomic mass is 16.2. The Bertz CT molecular complexity index is 715. The molecule has 0 radical (unpaired) electrons. The lowest BCUT2D eigenvalue weighted by Crippen LogP contribution is -2.50. The van der Waals surface area contributed by atoms with Crippen LogP contribution in [0.4, 0.5) is 4.79 Å². The second-order valence-corrected chi connectivity index (χ2v) is 7.21. The van der Waals surface area contributed by atoms with Crippen molar-refractivity contribution in [2.75, 3.05) is 0 Å². The highest BCUT2D eigenvalue weighted by molar-refractivity contribution is 5.76. The third-order valence-electron chi connectivity index (χ3n) is 5.74. The molecule has 2 N–H and O–H groups in total. The van der Waals surface area contributed by atoms with Crippen molar-refractivity contribution in [3.05, 3.63) is 71.8 Å². The smallest absolute Gasteiger partial charge is 0.315 e. The van der Waals surface area contributed by atoms with E-state index in [1.807, 2.05) is 43.3 Å². The van der Waals surface area contributed by atoms with E-state index in [-0.39, 0.29) is 17.6 Å². The van der Waals surface area contributed by atoms with Gasteiger partial charge in [0, 0.05) is 0 Å². The Kier molecular flexibility index (Phi) is 3.79. The van der Waals surface area contributed by atoms with Gasteiger partial charge >= 0.3 is 6.03 Å². The Labute approximate surface area is 143 Å². The number of fused-ring (bicyclic) bond motifs is 1. The molecule has 0 spiro atoms. The zero-order valence-electron chi connectivity index (χ0n) is 14.0. The van der Waals surface area contributed by atoms with E-state index in [0.717, 1.165) is 17.9 Å². The molecule has 2 amide bonds. The highest BCUT2D eigenvalue weighted by Crippen LogP contribution is 2.61. The Morgan fingerprint density at radius 2 is 1.75 bits per heavy atom. The van der Waals surface area contributed by atoms with Crippen LogP contribution in [0.5, 0.6) is 0 Å². The summed E-state index contributed by atoms with van der Waals surface area (Å²) in [4.78, 5) is 12.7. The van der Waals surface area contributed by atoms with Gasteiger partial charge in [-0.15, -0.1) is 0 Å². The minimum absolute atomic E-state index is 0.00423. The average Bonchev–Trinajstić information content (AvgIpc) is 3.33. The molecule has 24 heavy (non-hydrogen) atoms. The Morgan fingerprint density at radius 3 is 2.33 bits per heavy atom. The zero-order chi connectivity index (χ0) is 16.6. The van der Waals surface area contributed by atoms with Gasteiger partial charge in [0.2, 0.25) is 0 Å². The summed E-state index contributed by atoms with van der Waals surface area (Å²) in [6.45, 7) is 2.03. The van der Waals surface area contributed by atoms with E-state index >= 15 is 0 Å². The quantitative estimate of drug-likeness (QED) is 0.863. The van der Waals surface area contributed by atoms with Gasteiger partial charge in [-0.3, -0.25) is 0 Å². The van der Waals surface area contributed by atoms with E-state index in [2.05, 4.69) is 34.9 Å². The van der Waals surface area contributed by atoms with Crippen LogP contribution in [-0.4, -0.2) is 6.03 Å². The SMILES string of the molecule is C[C@H](NC(=O)N[C@]1(c2ccccc2)CC[C@H]2C[C@H]21)c1ccccc1. The molecule has 3 heteroatoms. The molecule has 2 aliphatic rings. The number of amides is 2. The minimum Gasteiger partial charge on any atom is -0.332 e. The average molecular weight is 320 g/mol. The van der Waals surface area contributed by atoms with Gasteiger partial charge in [0.1, 0.15) is 0 Å². The van der Waals surface area contributed by atoms with Crippen LogP contribution < -0.4 is 10.6 Å². The van der Waals surface area contributed by atoms with Gasteiger partial charge in [0.05, 0.1) is 11.6 Å². The maximum absolute atomic E-state index is 12.7. The van der Waals surface area contributed by atoms with E-state index < -0.39 is 0 Å². The first-order valence-corrected chi connectivity index (χ1v) is 8.88. The largest absolute Gasteiger partial charge is 0.332 e. The lowest BCUT2D eigenvalue weighted by atomic mass is 9.85. The third-order valence-corrected chi connectivity index (χ3v) is 5.74. The topological polar surface area (TPSA) is 41.1 Å². The van der Waals surface area contributed by atoms with Crippen LogP contribution in [-0.2, 0) is 5.54 Å². The summed E-state index contributed by atoms with van der Waals surface area (Å²) < 4.78 is 0. The third kappa shape index (κ3) is 2.68. The molecule has 124 valence electrons. The zero-order valence-corrected chi connectivity index (χ0v) is 14.0. The summed E-state index contributed by atoms with van der Waals surface area (Å²) in [6, 6.07) is 20.5. The fourth-order valence-electron chi connectivity index (χ4n) is 4.35. The number of carbonyl (C=O) groups excluding carboxylic acids is 1. The van der Waals surface area contributed by atoms with Crippen molar-refractivity contribution in [2.45, 2.75) is 37.8 Å². The van der Waals surface area contributed by atoms with E-state index in [0.29, 0.717) is 5.92 Å². The first-order chi connectivity index (χ1) is 11.7. The molecule has 0 heterocycles. The predicted molar refractivity (Wildman–Crippen MR) is 95.5 cm³/mol. The van der Waals surface area contributed by atoms with Crippen molar-refractivity contribution in [1.82, 2.24) is 10.6 Å². The monoisotopic (exact) mass is 320 g/mol. The van der Waals surface area contributed by atoms with Gasteiger partial charge in [-0.05, 0) is 49.1 Å². The van der Waals surface area contributed by atoms with Crippen molar-refractivity contribution in [2.24, 2.45) is 11.8 Å². The van der Waals surface area contributed by atoms with Crippen molar-refractivity contribution in [3.8, 4) is 0 Å². The summed E-state index contributed by atoms with van der Waals surface area (Å²) in [5, 5.41) is 6.46. The molecule has 2 aliphatic carbocycles. The molecule has 0 aromatic heterocycles. The maximum Gasteiger partial charge on any atom is 0.315 e. The normalized spacial score (nSPS) is 28.7. The van der Waals surface area contributed by atoms with Crippen LogP contribution in [0, 0.1) is 11.8 Å². The lowest BCUT2D eigenvalue weighted by molar-refractivity contribution is 0.215. The number of carbonyl (C=O) groups is 1. The summed E-state index contributed by atoms with van der Waals surface area (Å²) in [5.74, 6) is 1.38. The van der Waals surface area contributed by atoms with Crippen LogP contribution in [0.1, 0.15) is 43.4 Å². The highest BCUT2D eigenvalue weighted by Gasteiger charge is 2.59. The number of hydrogen-bond donors (Lipinski definition) is 2. The second-order valence-electron chi connectivity index (χ2n) is 7.21. The first-order valence-electron chi connectivity index (χ1n) is 8.88. The Hall–Kier alpha value is -2.29. The van der Waals surface area contributed by atoms with E-state index in [4.69, 9.17) is 0 Å². The number of rotatable bonds is 4. The van der Waals surface area contributed by atoms with Crippen molar-refractivity contribution in [3.63, 3.8) is 0 Å². The molecular weight excluding hydrogens is 296 g/mol. The Balaban J connectivity index is 1.51. The van der Waals surface area contributed by atoms with Gasteiger partial charge in [-0.1, -0.05) is 60.7 Å². The molecule has 2 aromatic rings. The fraction of sp³-hybridized carbons (Fsp3) is 0.381. The summed E-state index contributed by atoms with van der Waals surface area (Å²) in [7, 11) is 0. The maximum atomic E-state index is 12.7. The van der Waals surface area contributed by atoms with Crippen LogP contribution in [0.2, 0.25) is 0 Å². The van der Waals surface area contributed by atoms with Crippen LogP contribution in [0.3, 0.4) is 0 Å². The molecular formula is C21H24N2O. The molecule has 0 aliphatic heterocycles. The molecule has 3 nitrogen and oxygen atoms in total. The standard InChI is InChI=1S/C21H24N2O/c1-15(16-8-4-2-5-9-16)22-20(24)23-21(13-12-17-14-19(17)21)18-10-6-3-7-11-18/h2-11,15,17,19H,12-14H2,1H3,(H2,22,23,24)/t15-,17-,19+,21-/m0/s1. The van der Waals surface area contributed by atoms with Gasteiger partial charge in [0.25, 0.3) is 0 Å². The molecule has 0 bridgehead atoms. The van der Waals surface area contributed by atoms with Crippen LogP contribution in [0.25, 0.3) is 0 Å². The second kappa shape index (κ2) is 5.97. The molecule has 4 atom stereocenters. The molecule has 2 fully saturated rings. The van der Waals surface area contributed by atoms with E-state index in [1.165, 1.54) is 18.4 Å². The van der Waals surface area contributed by atoms with Crippen LogP contribution in [0.15, 0.2) is 60.7 Å². The van der Waals surface area contributed by atoms with Crippen molar-refractivity contribution in [1.29, 1.82) is 0 Å². The van der Waals surface area contributed by atoms with E-state index in [1.54, 1.807) is 0 Å². The predicted octanol–water partition coefficient (Wildman–Crippen LogP) is 4.37. The number of hydrogen-bond acceptors (Lipinski definition) is 1. The van der Waals surface area contributed by atoms with Gasteiger partial charge in [-0.2, -0.15) is 0 Å². The van der Waals surface area contributed by atoms with Gasteiger partial charge < -0.3 is 10.6 Å².